The Balaban J connectivity index is 1.41. The lowest BCUT2D eigenvalue weighted by Gasteiger charge is -2.32. The number of carbonyl (C=O) groups is 3. The molecule has 1 aromatic carbocycles. The first-order valence-electron chi connectivity index (χ1n) is 10.6. The number of anilines is 1. The summed E-state index contributed by atoms with van der Waals surface area (Å²) in [4.78, 5) is 38.2. The van der Waals surface area contributed by atoms with Crippen molar-refractivity contribution in [3.05, 3.63) is 18.2 Å². The highest BCUT2D eigenvalue weighted by atomic mass is 16.6. The van der Waals surface area contributed by atoms with Gasteiger partial charge in [-0.05, 0) is 45.7 Å². The van der Waals surface area contributed by atoms with Crippen LogP contribution in [0, 0.1) is 5.92 Å². The SMILES string of the molecule is CC(C)(C)OC(=O)N1CCC(C(=O)OCC(=O)Nc2ccc3c(c2)OCCCO3)CC1. The summed E-state index contributed by atoms with van der Waals surface area (Å²) < 4.78 is 21.7. The Kier molecular flexibility index (Phi) is 7.25. The molecule has 170 valence electrons. The summed E-state index contributed by atoms with van der Waals surface area (Å²) in [5.74, 6) is -0.0000884. The quantitative estimate of drug-likeness (QED) is 0.727. The smallest absolute Gasteiger partial charge is 0.410 e. The van der Waals surface area contributed by atoms with Crippen molar-refractivity contribution in [3.8, 4) is 11.5 Å². The van der Waals surface area contributed by atoms with E-state index in [1.54, 1.807) is 23.1 Å². The van der Waals surface area contributed by atoms with Crippen LogP contribution in [-0.4, -0.2) is 61.4 Å². The molecular weight excluding hydrogens is 404 g/mol. The first-order chi connectivity index (χ1) is 14.7. The Labute approximate surface area is 182 Å². The summed E-state index contributed by atoms with van der Waals surface area (Å²) in [7, 11) is 0. The van der Waals surface area contributed by atoms with Crippen molar-refractivity contribution in [2.45, 2.75) is 45.6 Å². The van der Waals surface area contributed by atoms with Crippen LogP contribution in [0.15, 0.2) is 18.2 Å². The molecule has 1 saturated heterocycles. The molecule has 9 heteroatoms. The van der Waals surface area contributed by atoms with E-state index in [1.165, 1.54) is 0 Å². The molecule has 2 heterocycles. The molecule has 9 nitrogen and oxygen atoms in total. The van der Waals surface area contributed by atoms with Crippen LogP contribution in [0.4, 0.5) is 10.5 Å². The molecule has 1 fully saturated rings. The van der Waals surface area contributed by atoms with Gasteiger partial charge in [-0.25, -0.2) is 4.79 Å². The number of likely N-dealkylation sites (tertiary alicyclic amines) is 1. The van der Waals surface area contributed by atoms with Crippen LogP contribution in [0.3, 0.4) is 0 Å². The number of nitrogens with one attached hydrogen (secondary N) is 1. The zero-order valence-corrected chi connectivity index (χ0v) is 18.3. The number of esters is 1. The highest BCUT2D eigenvalue weighted by Gasteiger charge is 2.31. The topological polar surface area (TPSA) is 103 Å². The van der Waals surface area contributed by atoms with Gasteiger partial charge in [0.15, 0.2) is 18.1 Å². The van der Waals surface area contributed by atoms with E-state index in [1.807, 2.05) is 20.8 Å². The fourth-order valence-electron chi connectivity index (χ4n) is 3.32. The van der Waals surface area contributed by atoms with Crippen molar-refractivity contribution >= 4 is 23.7 Å². The van der Waals surface area contributed by atoms with E-state index in [0.29, 0.717) is 56.3 Å². The molecule has 0 radical (unpaired) electrons. The summed E-state index contributed by atoms with van der Waals surface area (Å²) in [6.07, 6.45) is 1.36. The van der Waals surface area contributed by atoms with Crippen molar-refractivity contribution in [2.24, 2.45) is 5.92 Å². The third kappa shape index (κ3) is 6.77. The van der Waals surface area contributed by atoms with Crippen molar-refractivity contribution in [2.75, 3.05) is 38.2 Å². The van der Waals surface area contributed by atoms with Gasteiger partial charge in [0.05, 0.1) is 19.1 Å². The van der Waals surface area contributed by atoms with Crippen molar-refractivity contribution < 1.29 is 33.3 Å². The van der Waals surface area contributed by atoms with Crippen LogP contribution in [0.5, 0.6) is 11.5 Å². The van der Waals surface area contributed by atoms with E-state index >= 15 is 0 Å². The molecule has 0 saturated carbocycles. The molecule has 3 rings (SSSR count). The fourth-order valence-corrected chi connectivity index (χ4v) is 3.32. The minimum absolute atomic E-state index is 0.343. The van der Waals surface area contributed by atoms with Crippen LogP contribution in [0.2, 0.25) is 0 Å². The molecule has 2 amide bonds. The standard InChI is InChI=1S/C22H30N2O7/c1-22(2,3)31-21(27)24-9-7-15(8-10-24)20(26)30-14-19(25)23-16-5-6-17-18(13-16)29-12-4-11-28-17/h5-6,13,15H,4,7-12,14H2,1-3H3,(H,23,25). The van der Waals surface area contributed by atoms with Gasteiger partial charge in [-0.1, -0.05) is 0 Å². The summed E-state index contributed by atoms with van der Waals surface area (Å²) in [5, 5.41) is 2.69. The lowest BCUT2D eigenvalue weighted by atomic mass is 9.97. The molecule has 1 aromatic rings. The third-order valence-electron chi connectivity index (χ3n) is 4.86. The summed E-state index contributed by atoms with van der Waals surface area (Å²) in [5.41, 5.74) is -0.0209. The largest absolute Gasteiger partial charge is 0.490 e. The number of piperidine rings is 1. The van der Waals surface area contributed by atoms with Crippen molar-refractivity contribution in [3.63, 3.8) is 0 Å². The second-order valence-corrected chi connectivity index (χ2v) is 8.61. The van der Waals surface area contributed by atoms with E-state index in [2.05, 4.69) is 5.32 Å². The lowest BCUT2D eigenvalue weighted by Crippen LogP contribution is -2.43. The number of rotatable bonds is 4. The summed E-state index contributed by atoms with van der Waals surface area (Å²) in [6, 6.07) is 5.13. The number of hydrogen-bond acceptors (Lipinski definition) is 7. The van der Waals surface area contributed by atoms with Gasteiger partial charge < -0.3 is 29.2 Å². The monoisotopic (exact) mass is 434 g/mol. The van der Waals surface area contributed by atoms with Crippen molar-refractivity contribution in [1.82, 2.24) is 4.90 Å². The van der Waals surface area contributed by atoms with Gasteiger partial charge in [0.25, 0.3) is 5.91 Å². The lowest BCUT2D eigenvalue weighted by molar-refractivity contribution is -0.153. The number of fused-ring (bicyclic) bond motifs is 1. The molecule has 0 bridgehead atoms. The molecule has 0 spiro atoms. The maximum Gasteiger partial charge on any atom is 0.410 e. The Morgan fingerprint density at radius 2 is 1.77 bits per heavy atom. The normalized spacial score (nSPS) is 16.8. The molecule has 0 aromatic heterocycles. The Morgan fingerprint density at radius 3 is 2.45 bits per heavy atom. The molecule has 2 aliphatic rings. The van der Waals surface area contributed by atoms with Gasteiger partial charge in [0, 0.05) is 31.3 Å². The number of carbonyl (C=O) groups excluding carboxylic acids is 3. The Morgan fingerprint density at radius 1 is 1.10 bits per heavy atom. The van der Waals surface area contributed by atoms with Crippen LogP contribution in [0.25, 0.3) is 0 Å². The second-order valence-electron chi connectivity index (χ2n) is 8.61. The number of nitrogens with zero attached hydrogens (tertiary/aromatic N) is 1. The highest BCUT2D eigenvalue weighted by molar-refractivity contribution is 5.93. The third-order valence-corrected chi connectivity index (χ3v) is 4.86. The van der Waals surface area contributed by atoms with Gasteiger partial charge in [0.2, 0.25) is 0 Å². The molecule has 2 aliphatic heterocycles. The van der Waals surface area contributed by atoms with Gasteiger partial charge in [-0.3, -0.25) is 9.59 Å². The van der Waals surface area contributed by atoms with E-state index in [9.17, 15) is 14.4 Å². The zero-order chi connectivity index (χ0) is 22.4. The molecule has 0 atom stereocenters. The van der Waals surface area contributed by atoms with Gasteiger partial charge in [-0.2, -0.15) is 0 Å². The highest BCUT2D eigenvalue weighted by Crippen LogP contribution is 2.32. The first kappa shape index (κ1) is 22.7. The minimum atomic E-state index is -0.559. The maximum absolute atomic E-state index is 12.3. The number of hydrogen-bond donors (Lipinski definition) is 1. The van der Waals surface area contributed by atoms with E-state index in [4.69, 9.17) is 18.9 Å². The van der Waals surface area contributed by atoms with Crippen molar-refractivity contribution in [1.29, 1.82) is 0 Å². The van der Waals surface area contributed by atoms with Crippen LogP contribution in [0.1, 0.15) is 40.0 Å². The molecule has 1 N–H and O–H groups in total. The Bertz CT molecular complexity index is 811. The van der Waals surface area contributed by atoms with Gasteiger partial charge in [0.1, 0.15) is 5.60 Å². The van der Waals surface area contributed by atoms with Crippen LogP contribution >= 0.6 is 0 Å². The summed E-state index contributed by atoms with van der Waals surface area (Å²) >= 11 is 0. The maximum atomic E-state index is 12.3. The Hall–Kier alpha value is -2.97. The van der Waals surface area contributed by atoms with Crippen LogP contribution in [-0.2, 0) is 19.1 Å². The first-order valence-corrected chi connectivity index (χ1v) is 10.6. The minimum Gasteiger partial charge on any atom is -0.490 e. The van der Waals surface area contributed by atoms with Gasteiger partial charge >= 0.3 is 12.1 Å². The number of ether oxygens (including phenoxy) is 4. The predicted octanol–water partition coefficient (Wildman–Crippen LogP) is 2.98. The molecule has 31 heavy (non-hydrogen) atoms. The van der Waals surface area contributed by atoms with Gasteiger partial charge in [-0.15, -0.1) is 0 Å². The average molecular weight is 434 g/mol. The van der Waals surface area contributed by atoms with E-state index in [-0.39, 0.29) is 18.6 Å². The average Bonchev–Trinajstić information content (AvgIpc) is 2.96. The zero-order valence-electron chi connectivity index (χ0n) is 18.3. The summed E-state index contributed by atoms with van der Waals surface area (Å²) in [6.45, 7) is 7.03. The number of amides is 2. The second kappa shape index (κ2) is 9.89. The van der Waals surface area contributed by atoms with E-state index in [0.717, 1.165) is 6.42 Å². The van der Waals surface area contributed by atoms with Crippen LogP contribution < -0.4 is 14.8 Å². The molecule has 0 unspecified atom stereocenters. The van der Waals surface area contributed by atoms with E-state index < -0.39 is 17.5 Å². The molecule has 0 aliphatic carbocycles. The number of benzene rings is 1. The molecular formula is C22H30N2O7. The predicted molar refractivity (Wildman–Crippen MR) is 112 cm³/mol. The fraction of sp³-hybridized carbons (Fsp3) is 0.591.